The molecule has 1 saturated carbocycles. The summed E-state index contributed by atoms with van der Waals surface area (Å²) in [5.41, 5.74) is 4.39. The number of amides is 2. The fraction of sp³-hybridized carbons (Fsp3) is 0.333. The van der Waals surface area contributed by atoms with Crippen LogP contribution in [0.2, 0.25) is 10.0 Å². The van der Waals surface area contributed by atoms with Crippen LogP contribution in [0.4, 0.5) is 10.5 Å². The molecule has 1 unspecified atom stereocenters. The lowest BCUT2D eigenvalue weighted by molar-refractivity contribution is 0.201. The fourth-order valence-electron chi connectivity index (χ4n) is 5.54. The van der Waals surface area contributed by atoms with Crippen LogP contribution < -0.4 is 16.0 Å². The zero-order valence-corrected chi connectivity index (χ0v) is 22.1. The van der Waals surface area contributed by atoms with Gasteiger partial charge in [-0.25, -0.2) is 4.79 Å². The number of piperidine rings is 1. The Morgan fingerprint density at radius 3 is 2.35 bits per heavy atom. The molecule has 3 N–H and O–H groups in total. The monoisotopic (exact) mass is 532 g/mol. The summed E-state index contributed by atoms with van der Waals surface area (Å²) in [6.07, 6.45) is 5.27. The number of hydrogen-bond donors (Lipinski definition) is 3. The van der Waals surface area contributed by atoms with Crippen LogP contribution in [0.1, 0.15) is 43.2 Å². The summed E-state index contributed by atoms with van der Waals surface area (Å²) in [5.74, 6) is 0.644. The fourth-order valence-corrected chi connectivity index (χ4v) is 6.06. The number of halogens is 2. The first kappa shape index (κ1) is 25.6. The van der Waals surface area contributed by atoms with Crippen LogP contribution in [-0.2, 0) is 5.41 Å². The molecule has 2 fully saturated rings. The summed E-state index contributed by atoms with van der Waals surface area (Å²) in [4.78, 5) is 13.2. The third-order valence-corrected chi connectivity index (χ3v) is 8.08. The molecule has 2 amide bonds. The van der Waals surface area contributed by atoms with E-state index >= 15 is 0 Å². The van der Waals surface area contributed by atoms with Gasteiger partial charge in [0.1, 0.15) is 0 Å². The highest BCUT2D eigenvalue weighted by Gasteiger charge is 2.44. The highest BCUT2D eigenvalue weighted by atomic mass is 35.5. The summed E-state index contributed by atoms with van der Waals surface area (Å²) in [6, 6.07) is 23.4. The standard InChI is InChI=1S/C30H30Cl2N4O/c31-25-16-26(32)18-27(17-25)35-29(37)36-28(15-20-4-5-20)30(10-12-34-13-11-30)24-8-6-22(7-9-24)23-3-1-2-21(14-23)19-33/h1-3,6-9,14,16-18,20,28,34H,4-5,10-13,15H2,(H2,35,36,37). The number of rotatable bonds is 7. The van der Waals surface area contributed by atoms with Crippen molar-refractivity contribution >= 4 is 34.9 Å². The maximum Gasteiger partial charge on any atom is 0.319 e. The molecular weight excluding hydrogens is 503 g/mol. The molecule has 1 aliphatic carbocycles. The number of urea groups is 1. The van der Waals surface area contributed by atoms with Crippen LogP contribution in [0.5, 0.6) is 0 Å². The molecule has 0 bridgehead atoms. The number of anilines is 1. The van der Waals surface area contributed by atoms with E-state index < -0.39 is 0 Å². The molecule has 0 aromatic heterocycles. The number of nitrogens with one attached hydrogen (secondary N) is 3. The SMILES string of the molecule is N#Cc1cccc(-c2ccc(C3(C(CC4CC4)NC(=O)Nc4cc(Cl)cc(Cl)c4)CCNCC3)cc2)c1. The first-order chi connectivity index (χ1) is 17.9. The van der Waals surface area contributed by atoms with Gasteiger partial charge in [-0.3, -0.25) is 0 Å². The Morgan fingerprint density at radius 1 is 1.00 bits per heavy atom. The minimum Gasteiger partial charge on any atom is -0.334 e. The van der Waals surface area contributed by atoms with Crippen molar-refractivity contribution in [2.45, 2.75) is 43.6 Å². The quantitative estimate of drug-likeness (QED) is 0.302. The average Bonchev–Trinajstić information content (AvgIpc) is 3.72. The number of carbonyl (C=O) groups is 1. The van der Waals surface area contributed by atoms with Crippen LogP contribution in [0.3, 0.4) is 0 Å². The maximum atomic E-state index is 13.2. The van der Waals surface area contributed by atoms with Crippen LogP contribution in [0, 0.1) is 17.2 Å². The second-order valence-corrected chi connectivity index (χ2v) is 11.0. The van der Waals surface area contributed by atoms with Crippen molar-refractivity contribution in [1.29, 1.82) is 5.26 Å². The zero-order chi connectivity index (χ0) is 25.8. The van der Waals surface area contributed by atoms with Gasteiger partial charge in [-0.05, 0) is 85.3 Å². The van der Waals surface area contributed by atoms with Gasteiger partial charge in [0, 0.05) is 27.2 Å². The summed E-state index contributed by atoms with van der Waals surface area (Å²) in [7, 11) is 0. The predicted molar refractivity (Wildman–Crippen MR) is 150 cm³/mol. The summed E-state index contributed by atoms with van der Waals surface area (Å²) < 4.78 is 0. The van der Waals surface area contributed by atoms with E-state index in [1.54, 1.807) is 18.2 Å². The number of carbonyl (C=O) groups excluding carboxylic acids is 1. The third kappa shape index (κ3) is 6.10. The van der Waals surface area contributed by atoms with Crippen LogP contribution in [0.25, 0.3) is 11.1 Å². The molecule has 3 aromatic rings. The lowest BCUT2D eigenvalue weighted by atomic mass is 9.66. The van der Waals surface area contributed by atoms with Gasteiger partial charge >= 0.3 is 6.03 Å². The highest BCUT2D eigenvalue weighted by molar-refractivity contribution is 6.35. The molecular formula is C30H30Cl2N4O. The van der Waals surface area contributed by atoms with Crippen LogP contribution >= 0.6 is 23.2 Å². The number of hydrogen-bond acceptors (Lipinski definition) is 3. The minimum absolute atomic E-state index is 0.00970. The molecule has 1 heterocycles. The van der Waals surface area contributed by atoms with Crippen molar-refractivity contribution in [1.82, 2.24) is 10.6 Å². The molecule has 190 valence electrons. The molecule has 1 aliphatic heterocycles. The van der Waals surface area contributed by atoms with Crippen molar-refractivity contribution in [2.24, 2.45) is 5.92 Å². The molecule has 0 radical (unpaired) electrons. The first-order valence-corrected chi connectivity index (χ1v) is 13.6. The first-order valence-electron chi connectivity index (χ1n) is 12.8. The lowest BCUT2D eigenvalue weighted by Crippen LogP contribution is -2.56. The number of benzene rings is 3. The van der Waals surface area contributed by atoms with Crippen molar-refractivity contribution in [2.75, 3.05) is 18.4 Å². The van der Waals surface area contributed by atoms with E-state index in [-0.39, 0.29) is 17.5 Å². The Balaban J connectivity index is 1.42. The highest BCUT2D eigenvalue weighted by Crippen LogP contribution is 2.44. The predicted octanol–water partition coefficient (Wildman–Crippen LogP) is 7.14. The van der Waals surface area contributed by atoms with E-state index in [9.17, 15) is 10.1 Å². The van der Waals surface area contributed by atoms with Crippen molar-refractivity contribution < 1.29 is 4.79 Å². The Kier molecular flexibility index (Phi) is 7.71. The Labute approximate surface area is 228 Å². The molecule has 5 nitrogen and oxygen atoms in total. The Bertz CT molecular complexity index is 1290. The van der Waals surface area contributed by atoms with Crippen molar-refractivity contribution in [3.05, 3.63) is 87.9 Å². The van der Waals surface area contributed by atoms with Gasteiger partial charge in [0.05, 0.1) is 11.6 Å². The van der Waals surface area contributed by atoms with Gasteiger partial charge < -0.3 is 16.0 Å². The largest absolute Gasteiger partial charge is 0.334 e. The van der Waals surface area contributed by atoms with Gasteiger partial charge in [0.25, 0.3) is 0 Å². The Morgan fingerprint density at radius 2 is 1.70 bits per heavy atom. The lowest BCUT2D eigenvalue weighted by Gasteiger charge is -2.45. The molecule has 3 aromatic carbocycles. The van der Waals surface area contributed by atoms with Crippen LogP contribution in [-0.4, -0.2) is 25.2 Å². The van der Waals surface area contributed by atoms with E-state index in [2.05, 4.69) is 46.3 Å². The van der Waals surface area contributed by atoms with E-state index in [0.717, 1.165) is 43.5 Å². The van der Waals surface area contributed by atoms with Crippen LogP contribution in [0.15, 0.2) is 66.7 Å². The average molecular weight is 534 g/mol. The van der Waals surface area contributed by atoms with E-state index in [4.69, 9.17) is 23.2 Å². The normalized spacial score (nSPS) is 17.4. The second-order valence-electron chi connectivity index (χ2n) is 10.2. The zero-order valence-electron chi connectivity index (χ0n) is 20.6. The van der Waals surface area contributed by atoms with Crippen molar-refractivity contribution in [3.63, 3.8) is 0 Å². The minimum atomic E-state index is -0.244. The molecule has 0 spiro atoms. The topological polar surface area (TPSA) is 77.0 Å². The second kappa shape index (κ2) is 11.1. The Hall–Kier alpha value is -3.04. The van der Waals surface area contributed by atoms with Gasteiger partial charge in [0.2, 0.25) is 0 Å². The summed E-state index contributed by atoms with van der Waals surface area (Å²) in [5, 5.41) is 20.0. The number of nitrogens with zero attached hydrogens (tertiary/aromatic N) is 1. The van der Waals surface area contributed by atoms with E-state index in [1.807, 2.05) is 24.3 Å². The molecule has 7 heteroatoms. The van der Waals surface area contributed by atoms with Gasteiger partial charge in [-0.1, -0.05) is 72.4 Å². The van der Waals surface area contributed by atoms with E-state index in [0.29, 0.717) is 27.2 Å². The summed E-state index contributed by atoms with van der Waals surface area (Å²) in [6.45, 7) is 1.81. The molecule has 2 aliphatic rings. The summed E-state index contributed by atoms with van der Waals surface area (Å²) >= 11 is 12.3. The van der Waals surface area contributed by atoms with Gasteiger partial charge in [-0.15, -0.1) is 0 Å². The number of nitriles is 1. The third-order valence-electron chi connectivity index (χ3n) is 7.64. The molecule has 1 saturated heterocycles. The van der Waals surface area contributed by atoms with Crippen molar-refractivity contribution in [3.8, 4) is 17.2 Å². The molecule has 37 heavy (non-hydrogen) atoms. The van der Waals surface area contributed by atoms with Gasteiger partial charge in [0.15, 0.2) is 0 Å². The smallest absolute Gasteiger partial charge is 0.319 e. The van der Waals surface area contributed by atoms with Gasteiger partial charge in [-0.2, -0.15) is 5.26 Å². The van der Waals surface area contributed by atoms with E-state index in [1.165, 1.54) is 18.4 Å². The maximum absolute atomic E-state index is 13.2. The molecule has 1 atom stereocenters. The molecule has 5 rings (SSSR count).